The summed E-state index contributed by atoms with van der Waals surface area (Å²) in [4.78, 5) is 38.1. The van der Waals surface area contributed by atoms with Gasteiger partial charge in [-0.25, -0.2) is 0 Å². The molecule has 0 bridgehead atoms. The van der Waals surface area contributed by atoms with Crippen molar-refractivity contribution >= 4 is 17.9 Å². The fourth-order valence-electron chi connectivity index (χ4n) is 7.44. The molecule has 6 heteroatoms. The molecule has 0 aromatic carbocycles. The van der Waals surface area contributed by atoms with Crippen molar-refractivity contribution in [2.24, 2.45) is 0 Å². The molecular formula is C61H102O6. The number of allylic oxidation sites excluding steroid dienone is 16. The van der Waals surface area contributed by atoms with Crippen molar-refractivity contribution < 1.29 is 28.6 Å². The fraction of sp³-hybridized carbons (Fsp3) is 0.689. The molecule has 0 heterocycles. The molecule has 0 spiro atoms. The first-order valence-corrected chi connectivity index (χ1v) is 27.7. The van der Waals surface area contributed by atoms with Crippen LogP contribution in [-0.2, 0) is 28.6 Å². The number of carbonyl (C=O) groups is 3. The number of hydrogen-bond acceptors (Lipinski definition) is 6. The van der Waals surface area contributed by atoms with E-state index < -0.39 is 6.10 Å². The Morgan fingerprint density at radius 2 is 0.612 bits per heavy atom. The van der Waals surface area contributed by atoms with E-state index in [1.165, 1.54) is 103 Å². The Balaban J connectivity index is 4.51. The van der Waals surface area contributed by atoms with Gasteiger partial charge in [0.25, 0.3) is 0 Å². The molecule has 0 aromatic rings. The van der Waals surface area contributed by atoms with Gasteiger partial charge >= 0.3 is 17.9 Å². The largest absolute Gasteiger partial charge is 0.462 e. The van der Waals surface area contributed by atoms with Crippen LogP contribution in [0.2, 0.25) is 0 Å². The summed E-state index contributed by atoms with van der Waals surface area (Å²) in [6.45, 7) is 6.43. The summed E-state index contributed by atoms with van der Waals surface area (Å²) >= 11 is 0. The third-order valence-electron chi connectivity index (χ3n) is 11.6. The molecule has 0 aliphatic carbocycles. The third-order valence-corrected chi connectivity index (χ3v) is 11.6. The van der Waals surface area contributed by atoms with Crippen LogP contribution in [0.5, 0.6) is 0 Å². The predicted octanol–water partition coefficient (Wildman–Crippen LogP) is 18.5. The topological polar surface area (TPSA) is 78.9 Å². The monoisotopic (exact) mass is 931 g/mol. The normalized spacial score (nSPS) is 12.8. The highest BCUT2D eigenvalue weighted by Crippen LogP contribution is 2.15. The molecule has 0 N–H and O–H groups in total. The number of carbonyl (C=O) groups excluding carboxylic acids is 3. The van der Waals surface area contributed by atoms with E-state index in [1.807, 2.05) is 6.08 Å². The van der Waals surface area contributed by atoms with Gasteiger partial charge in [-0.15, -0.1) is 0 Å². The quantitative estimate of drug-likeness (QED) is 0.0262. The summed E-state index contributed by atoms with van der Waals surface area (Å²) < 4.78 is 16.8. The molecule has 0 amide bonds. The Hall–Kier alpha value is -3.67. The van der Waals surface area contributed by atoms with Crippen molar-refractivity contribution in [1.82, 2.24) is 0 Å². The lowest BCUT2D eigenvalue weighted by atomic mass is 10.0. The number of ether oxygens (including phenoxy) is 3. The second-order valence-corrected chi connectivity index (χ2v) is 18.1. The van der Waals surface area contributed by atoms with E-state index >= 15 is 0 Å². The lowest BCUT2D eigenvalue weighted by Crippen LogP contribution is -2.30. The first-order valence-electron chi connectivity index (χ1n) is 27.7. The Morgan fingerprint density at radius 3 is 1.03 bits per heavy atom. The summed E-state index contributed by atoms with van der Waals surface area (Å²) in [5, 5.41) is 0. The molecule has 0 aliphatic rings. The molecule has 67 heavy (non-hydrogen) atoms. The highest BCUT2D eigenvalue weighted by Gasteiger charge is 2.19. The Kier molecular flexibility index (Phi) is 51.9. The van der Waals surface area contributed by atoms with Crippen LogP contribution in [0.25, 0.3) is 0 Å². The van der Waals surface area contributed by atoms with Crippen molar-refractivity contribution in [1.29, 1.82) is 0 Å². The van der Waals surface area contributed by atoms with Crippen molar-refractivity contribution in [3.63, 3.8) is 0 Å². The number of rotatable bonds is 49. The summed E-state index contributed by atoms with van der Waals surface area (Å²) in [7, 11) is 0. The minimum atomic E-state index is -0.813. The van der Waals surface area contributed by atoms with Crippen LogP contribution in [0.15, 0.2) is 97.2 Å². The molecule has 6 nitrogen and oxygen atoms in total. The average molecular weight is 931 g/mol. The second-order valence-electron chi connectivity index (χ2n) is 18.1. The van der Waals surface area contributed by atoms with Crippen LogP contribution in [-0.4, -0.2) is 37.2 Å². The minimum Gasteiger partial charge on any atom is -0.462 e. The predicted molar refractivity (Wildman–Crippen MR) is 288 cm³/mol. The van der Waals surface area contributed by atoms with Crippen LogP contribution in [0.4, 0.5) is 0 Å². The lowest BCUT2D eigenvalue weighted by Gasteiger charge is -2.18. The summed E-state index contributed by atoms with van der Waals surface area (Å²) in [6, 6.07) is 0. The van der Waals surface area contributed by atoms with Crippen LogP contribution in [0, 0.1) is 0 Å². The first-order chi connectivity index (χ1) is 33.0. The molecule has 0 fully saturated rings. The maximum Gasteiger partial charge on any atom is 0.306 e. The molecule has 0 aliphatic heterocycles. The van der Waals surface area contributed by atoms with Gasteiger partial charge in [-0.3, -0.25) is 14.4 Å². The fourth-order valence-corrected chi connectivity index (χ4v) is 7.44. The second kappa shape index (κ2) is 54.9. The Bertz CT molecular complexity index is 1350. The van der Waals surface area contributed by atoms with Crippen molar-refractivity contribution in [2.45, 2.75) is 258 Å². The third kappa shape index (κ3) is 53.2. The number of unbranched alkanes of at least 4 members (excludes halogenated alkanes) is 22. The maximum absolute atomic E-state index is 12.8. The zero-order valence-corrected chi connectivity index (χ0v) is 43.6. The van der Waals surface area contributed by atoms with Gasteiger partial charge in [0, 0.05) is 19.3 Å². The molecule has 0 rings (SSSR count). The highest BCUT2D eigenvalue weighted by atomic mass is 16.6. The van der Waals surface area contributed by atoms with Crippen LogP contribution >= 0.6 is 0 Å². The van der Waals surface area contributed by atoms with E-state index in [-0.39, 0.29) is 37.5 Å². The van der Waals surface area contributed by atoms with Gasteiger partial charge in [-0.2, -0.15) is 0 Å². The summed E-state index contributed by atoms with van der Waals surface area (Å²) in [5.41, 5.74) is 0. The minimum absolute atomic E-state index is 0.107. The average Bonchev–Trinajstić information content (AvgIpc) is 3.33. The van der Waals surface area contributed by atoms with Gasteiger partial charge < -0.3 is 14.2 Å². The van der Waals surface area contributed by atoms with Crippen LogP contribution < -0.4 is 0 Å². The SMILES string of the molecule is CC/C=C\C/C=C\C/C=C\C/C=C\C/C=C\C/C=C\CCC(=O)OC[C@H](COC(=O)CCCCCCC/C=C\C/C=C\CCCCC)OC(=O)CCCCCCCCCCCCCCCCC. The van der Waals surface area contributed by atoms with Gasteiger partial charge in [0.05, 0.1) is 0 Å². The first kappa shape index (κ1) is 63.3. The molecule has 0 aromatic heterocycles. The summed E-state index contributed by atoms with van der Waals surface area (Å²) in [5.74, 6) is -1.00. The van der Waals surface area contributed by atoms with Gasteiger partial charge in [0.15, 0.2) is 6.10 Å². The summed E-state index contributed by atoms with van der Waals surface area (Å²) in [6.07, 6.45) is 72.6. The van der Waals surface area contributed by atoms with E-state index in [2.05, 4.69) is 112 Å². The number of hydrogen-bond donors (Lipinski definition) is 0. The van der Waals surface area contributed by atoms with E-state index in [1.54, 1.807) is 0 Å². The van der Waals surface area contributed by atoms with Crippen molar-refractivity contribution in [3.8, 4) is 0 Å². The van der Waals surface area contributed by atoms with E-state index in [4.69, 9.17) is 14.2 Å². The van der Waals surface area contributed by atoms with E-state index in [0.717, 1.165) is 103 Å². The molecule has 0 unspecified atom stereocenters. The Labute approximate surface area is 413 Å². The van der Waals surface area contributed by atoms with E-state index in [9.17, 15) is 14.4 Å². The lowest BCUT2D eigenvalue weighted by molar-refractivity contribution is -0.166. The van der Waals surface area contributed by atoms with Gasteiger partial charge in [0.1, 0.15) is 13.2 Å². The van der Waals surface area contributed by atoms with Crippen LogP contribution in [0.3, 0.4) is 0 Å². The molecule has 0 saturated carbocycles. The highest BCUT2D eigenvalue weighted by molar-refractivity contribution is 5.71. The zero-order valence-electron chi connectivity index (χ0n) is 43.6. The molecule has 0 radical (unpaired) electrons. The van der Waals surface area contributed by atoms with Crippen LogP contribution in [0.1, 0.15) is 252 Å². The van der Waals surface area contributed by atoms with E-state index in [0.29, 0.717) is 19.3 Å². The Morgan fingerprint density at radius 1 is 0.313 bits per heavy atom. The molecule has 0 saturated heterocycles. The smallest absolute Gasteiger partial charge is 0.306 e. The standard InChI is InChI=1S/C61H102O6/c1-4-7-10-13-16-19-22-25-28-29-30-31-34-36-39-42-45-48-51-54-60(63)66-57-58(67-61(64)55-52-49-46-43-40-37-33-27-24-21-18-15-12-9-6-3)56-65-59(62)53-50-47-44-41-38-35-32-26-23-20-17-14-11-8-5-2/h7,10,16-17,19-20,25-26,28,30-32,36,39,45,48,58H,4-6,8-9,11-15,18,21-24,27,29,33-35,37-38,40-44,46-47,49-57H2,1-3H3/b10-7-,19-16-,20-17-,28-25-,31-30-,32-26-,39-36-,48-45-/t58-/m0/s1. The van der Waals surface area contributed by atoms with Gasteiger partial charge in [0.2, 0.25) is 0 Å². The molecular weight excluding hydrogens is 829 g/mol. The van der Waals surface area contributed by atoms with Crippen molar-refractivity contribution in [3.05, 3.63) is 97.2 Å². The van der Waals surface area contributed by atoms with Gasteiger partial charge in [-0.1, -0.05) is 240 Å². The maximum atomic E-state index is 12.8. The van der Waals surface area contributed by atoms with Crippen molar-refractivity contribution in [2.75, 3.05) is 13.2 Å². The molecule has 1 atom stereocenters. The zero-order chi connectivity index (χ0) is 48.6. The van der Waals surface area contributed by atoms with Gasteiger partial charge in [-0.05, 0) is 89.9 Å². The number of esters is 3. The molecule has 382 valence electrons.